The van der Waals surface area contributed by atoms with Crippen LogP contribution in [-0.4, -0.2) is 51.3 Å². The van der Waals surface area contributed by atoms with E-state index < -0.39 is 27.6 Å². The van der Waals surface area contributed by atoms with Crippen LogP contribution in [0, 0.1) is 0 Å². The molecule has 0 radical (unpaired) electrons. The summed E-state index contributed by atoms with van der Waals surface area (Å²) in [5.74, 6) is -0.706. The normalized spacial score (nSPS) is 17.1. The Morgan fingerprint density at radius 1 is 1.26 bits per heavy atom. The van der Waals surface area contributed by atoms with Gasteiger partial charge in [0.2, 0.25) is 5.78 Å². The minimum absolute atomic E-state index is 0.0530. The van der Waals surface area contributed by atoms with Crippen molar-refractivity contribution in [2.24, 2.45) is 5.14 Å². The lowest BCUT2D eigenvalue weighted by molar-refractivity contribution is -0.117. The summed E-state index contributed by atoms with van der Waals surface area (Å²) in [5.41, 5.74) is -3.18. The molecule has 2 aromatic heterocycles. The van der Waals surface area contributed by atoms with Gasteiger partial charge in [-0.2, -0.15) is 31.8 Å². The average molecular weight is 569 g/mol. The van der Waals surface area contributed by atoms with E-state index in [1.165, 1.54) is 35.4 Å². The summed E-state index contributed by atoms with van der Waals surface area (Å²) in [5, 5.41) is 11.9. The van der Waals surface area contributed by atoms with Crippen LogP contribution in [0.15, 0.2) is 65.8 Å². The van der Waals surface area contributed by atoms with Crippen LogP contribution in [0.25, 0.3) is 0 Å². The fraction of sp³-hybridized carbons (Fsp3) is 0.227. The van der Waals surface area contributed by atoms with Gasteiger partial charge in [0.1, 0.15) is 24.1 Å². The van der Waals surface area contributed by atoms with Gasteiger partial charge in [0.15, 0.2) is 5.78 Å². The number of alkyl halides is 3. The number of hydrogen-bond acceptors (Lipinski definition) is 10. The van der Waals surface area contributed by atoms with Crippen molar-refractivity contribution in [2.75, 3.05) is 5.32 Å². The number of nitrogens with one attached hydrogen (secondary N) is 1. The molecule has 0 bridgehead atoms. The van der Waals surface area contributed by atoms with E-state index in [4.69, 9.17) is 5.14 Å². The van der Waals surface area contributed by atoms with Gasteiger partial charge in [-0.05, 0) is 47.5 Å². The second kappa shape index (κ2) is 10.9. The van der Waals surface area contributed by atoms with E-state index in [2.05, 4.69) is 24.6 Å². The SMILES string of the molecule is NS(=O)(=O)O/C=C1\CC(=O)[C@H](Nc2ncncc2C(=O)c2ccn(Cc3ccc(SC(F)(F)F)cc3)n2)C1. The van der Waals surface area contributed by atoms with E-state index in [9.17, 15) is 31.2 Å². The fourth-order valence-electron chi connectivity index (χ4n) is 3.62. The van der Waals surface area contributed by atoms with Crippen molar-refractivity contribution in [3.8, 4) is 0 Å². The highest BCUT2D eigenvalue weighted by Crippen LogP contribution is 2.36. The number of carbonyl (C=O) groups excluding carboxylic acids is 2. The van der Waals surface area contributed by atoms with Crippen molar-refractivity contribution in [2.45, 2.75) is 35.8 Å². The van der Waals surface area contributed by atoms with Crippen molar-refractivity contribution in [3.63, 3.8) is 0 Å². The summed E-state index contributed by atoms with van der Waals surface area (Å²) in [6.45, 7) is 0.215. The number of halogens is 3. The number of hydrogen-bond donors (Lipinski definition) is 2. The Hall–Kier alpha value is -3.76. The maximum atomic E-state index is 13.1. The third kappa shape index (κ3) is 7.39. The highest BCUT2D eigenvalue weighted by atomic mass is 32.2. The molecule has 0 amide bonds. The molecule has 4 rings (SSSR count). The molecule has 16 heteroatoms. The Bertz CT molecular complexity index is 1490. The lowest BCUT2D eigenvalue weighted by Crippen LogP contribution is -2.25. The van der Waals surface area contributed by atoms with E-state index in [1.807, 2.05) is 0 Å². The van der Waals surface area contributed by atoms with Gasteiger partial charge in [-0.1, -0.05) is 12.1 Å². The zero-order chi connectivity index (χ0) is 27.5. The van der Waals surface area contributed by atoms with E-state index >= 15 is 0 Å². The fourth-order valence-corrected chi connectivity index (χ4v) is 4.43. The predicted molar refractivity (Wildman–Crippen MR) is 129 cm³/mol. The Kier molecular flexibility index (Phi) is 7.84. The van der Waals surface area contributed by atoms with Crippen LogP contribution >= 0.6 is 11.8 Å². The first-order valence-electron chi connectivity index (χ1n) is 10.8. The number of nitrogens with two attached hydrogens (primary N) is 1. The number of thioether (sulfide) groups is 1. The maximum Gasteiger partial charge on any atom is 0.446 e. The molecule has 1 atom stereocenters. The molecule has 2 heterocycles. The van der Waals surface area contributed by atoms with E-state index in [0.29, 0.717) is 11.1 Å². The quantitative estimate of drug-likeness (QED) is 0.223. The third-order valence-corrected chi connectivity index (χ3v) is 6.35. The molecule has 38 heavy (non-hydrogen) atoms. The summed E-state index contributed by atoms with van der Waals surface area (Å²) >= 11 is -0.207. The predicted octanol–water partition coefficient (Wildman–Crippen LogP) is 2.81. The standard InChI is InChI=1S/C22H19F3N6O5S2/c23-22(24,25)37-15-3-1-13(2-4-15)10-31-6-5-17(30-31)20(33)16-9-27-12-28-21(16)29-18-7-14(8-19(18)32)11-36-38(26,34)35/h1-6,9,11-12,18H,7-8,10H2,(H2,26,34,35)(H,27,28,29)/b14-11-/t18-/m1/s1. The van der Waals surface area contributed by atoms with E-state index in [-0.39, 0.29) is 58.9 Å². The summed E-state index contributed by atoms with van der Waals surface area (Å²) in [4.78, 5) is 33.5. The lowest BCUT2D eigenvalue weighted by atomic mass is 10.1. The molecular weight excluding hydrogens is 549 g/mol. The van der Waals surface area contributed by atoms with Gasteiger partial charge < -0.3 is 9.50 Å². The van der Waals surface area contributed by atoms with Crippen molar-refractivity contribution in [3.05, 3.63) is 77.7 Å². The Morgan fingerprint density at radius 2 is 2.00 bits per heavy atom. The van der Waals surface area contributed by atoms with Crippen molar-refractivity contribution >= 4 is 39.5 Å². The van der Waals surface area contributed by atoms with Crippen LogP contribution < -0.4 is 10.5 Å². The first-order valence-corrected chi connectivity index (χ1v) is 13.1. The van der Waals surface area contributed by atoms with E-state index in [0.717, 1.165) is 6.26 Å². The van der Waals surface area contributed by atoms with Crippen molar-refractivity contribution in [1.82, 2.24) is 19.7 Å². The molecule has 0 unspecified atom stereocenters. The number of Topliss-reactive ketones (excluding diaryl/α,β-unsaturated/α-hetero) is 1. The van der Waals surface area contributed by atoms with Crippen LogP contribution in [0.4, 0.5) is 19.0 Å². The minimum atomic E-state index is -4.38. The highest BCUT2D eigenvalue weighted by molar-refractivity contribution is 8.00. The lowest BCUT2D eigenvalue weighted by Gasteiger charge is -2.13. The smallest absolute Gasteiger partial charge is 0.379 e. The van der Waals surface area contributed by atoms with Gasteiger partial charge in [0.25, 0.3) is 0 Å². The van der Waals surface area contributed by atoms with Crippen LogP contribution in [0.3, 0.4) is 0 Å². The maximum absolute atomic E-state index is 13.1. The molecule has 1 aliphatic rings. The summed E-state index contributed by atoms with van der Waals surface area (Å²) in [6.07, 6.45) is 4.97. The minimum Gasteiger partial charge on any atom is -0.379 e. The number of aromatic nitrogens is 4. The van der Waals surface area contributed by atoms with Gasteiger partial charge >= 0.3 is 15.8 Å². The van der Waals surface area contributed by atoms with Gasteiger partial charge in [-0.3, -0.25) is 14.3 Å². The van der Waals surface area contributed by atoms with E-state index in [1.54, 1.807) is 18.3 Å². The number of benzene rings is 1. The molecule has 1 aromatic carbocycles. The van der Waals surface area contributed by atoms with Crippen LogP contribution in [0.1, 0.15) is 34.5 Å². The third-order valence-electron chi connectivity index (χ3n) is 5.25. The number of anilines is 1. The molecule has 1 fully saturated rings. The Balaban J connectivity index is 1.44. The number of nitrogens with zero attached hydrogens (tertiary/aromatic N) is 4. The molecule has 0 spiro atoms. The van der Waals surface area contributed by atoms with Gasteiger partial charge in [0.05, 0.1) is 18.2 Å². The van der Waals surface area contributed by atoms with Crippen molar-refractivity contribution in [1.29, 1.82) is 0 Å². The molecule has 0 aliphatic heterocycles. The van der Waals surface area contributed by atoms with Crippen LogP contribution in [-0.2, 0) is 25.8 Å². The second-order valence-corrected chi connectivity index (χ2v) is 10.4. The molecule has 3 N–H and O–H groups in total. The second-order valence-electron chi connectivity index (χ2n) is 8.11. The van der Waals surface area contributed by atoms with Gasteiger partial charge in [0, 0.05) is 23.7 Å². The molecule has 200 valence electrons. The highest BCUT2D eigenvalue weighted by Gasteiger charge is 2.31. The molecule has 0 saturated heterocycles. The molecule has 3 aromatic rings. The summed E-state index contributed by atoms with van der Waals surface area (Å²) < 4.78 is 65.3. The molecule has 1 saturated carbocycles. The summed E-state index contributed by atoms with van der Waals surface area (Å²) in [7, 11) is -4.20. The topological polar surface area (TPSA) is 159 Å². The first-order chi connectivity index (χ1) is 17.9. The number of carbonyl (C=O) groups is 2. The van der Waals surface area contributed by atoms with Crippen molar-refractivity contribution < 1.29 is 35.4 Å². The van der Waals surface area contributed by atoms with Gasteiger partial charge in [-0.15, -0.1) is 0 Å². The Labute approximate surface area is 218 Å². The molecule has 11 nitrogen and oxygen atoms in total. The first kappa shape index (κ1) is 27.3. The number of rotatable bonds is 9. The average Bonchev–Trinajstić information content (AvgIpc) is 3.44. The Morgan fingerprint density at radius 3 is 2.68 bits per heavy atom. The van der Waals surface area contributed by atoms with Crippen LogP contribution in [0.5, 0.6) is 0 Å². The zero-order valence-electron chi connectivity index (χ0n) is 19.3. The van der Waals surface area contributed by atoms with Gasteiger partial charge in [-0.25, -0.2) is 9.97 Å². The number of ketones is 2. The molecular formula is C22H19F3N6O5S2. The zero-order valence-corrected chi connectivity index (χ0v) is 20.9. The summed E-state index contributed by atoms with van der Waals surface area (Å²) in [6, 6.07) is 6.48. The molecule has 1 aliphatic carbocycles. The van der Waals surface area contributed by atoms with Crippen LogP contribution in [0.2, 0.25) is 0 Å². The largest absolute Gasteiger partial charge is 0.446 e. The monoisotopic (exact) mass is 568 g/mol.